The monoisotopic (exact) mass is 438 g/mol. The molecule has 0 saturated heterocycles. The Morgan fingerprint density at radius 1 is 0.478 bits per heavy atom. The Morgan fingerprint density at radius 2 is 0.826 bits per heavy atom. The van der Waals surface area contributed by atoms with Gasteiger partial charge in [-0.3, -0.25) is 0 Å². The Labute approximate surface area is 151 Å². The third-order valence-corrected chi connectivity index (χ3v) is 12.3. The van der Waals surface area contributed by atoms with Crippen LogP contribution in [0.25, 0.3) is 0 Å². The molecular weight excluding hydrogens is 395 g/mol. The topological polar surface area (TPSA) is 27.7 Å². The molecule has 0 aliphatic heterocycles. The number of hydrogen-bond donors (Lipinski definition) is 0. The molecule has 0 aromatic rings. The van der Waals surface area contributed by atoms with Crippen LogP contribution >= 0.6 is 0 Å². The number of hydrogen-bond acceptors (Lipinski definition) is 3. The van der Waals surface area contributed by atoms with Crippen molar-refractivity contribution in [2.24, 2.45) is 0 Å². The first-order chi connectivity index (χ1) is 11.2. The van der Waals surface area contributed by atoms with E-state index in [1.54, 1.807) is 0 Å². The summed E-state index contributed by atoms with van der Waals surface area (Å²) in [5, 5.41) is 0. The van der Waals surface area contributed by atoms with Gasteiger partial charge in [0.2, 0.25) is 0 Å². The molecule has 3 nitrogen and oxygen atoms in total. The van der Waals surface area contributed by atoms with Crippen LogP contribution in [-0.4, -0.2) is 39.4 Å². The van der Waals surface area contributed by atoms with E-state index in [1.807, 2.05) is 0 Å². The Bertz CT molecular complexity index is 205. The molecule has 4 heteroatoms. The van der Waals surface area contributed by atoms with Crippen LogP contribution in [0.3, 0.4) is 0 Å². The molecule has 0 bridgehead atoms. The van der Waals surface area contributed by atoms with Crippen LogP contribution in [0.1, 0.15) is 98.3 Å². The first-order valence-electron chi connectivity index (χ1n) is 10.2. The minimum atomic E-state index is -3.32. The summed E-state index contributed by atoms with van der Waals surface area (Å²) in [5.41, 5.74) is 0. The van der Waals surface area contributed by atoms with E-state index >= 15 is 0 Å². The molecule has 0 atom stereocenters. The summed E-state index contributed by atoms with van der Waals surface area (Å²) in [5.74, 6) is 0. The van der Waals surface area contributed by atoms with Crippen LogP contribution in [0.5, 0.6) is 0 Å². The van der Waals surface area contributed by atoms with E-state index in [9.17, 15) is 0 Å². The van der Waals surface area contributed by atoms with Crippen molar-refractivity contribution in [2.45, 2.75) is 103 Å². The molecule has 0 aromatic heterocycles. The standard InChI is InChI=1S/3C5H11O.C4H9.Sn/c3*1-2-3-4-5-6;1-3-4-2;/h3*2-5H2,1H3;1,3-4H2,2H3;/q3*-1;;+3. The molecule has 0 aliphatic rings. The Kier molecular flexibility index (Phi) is 18.0. The second kappa shape index (κ2) is 17.5. The summed E-state index contributed by atoms with van der Waals surface area (Å²) in [6.45, 7) is 11.4. The van der Waals surface area contributed by atoms with E-state index in [0.717, 1.165) is 43.5 Å². The maximum absolute atomic E-state index is 6.36. The van der Waals surface area contributed by atoms with Crippen LogP contribution in [0, 0.1) is 0 Å². The van der Waals surface area contributed by atoms with E-state index in [1.165, 1.54) is 51.4 Å². The summed E-state index contributed by atoms with van der Waals surface area (Å²) >= 11 is -3.32. The van der Waals surface area contributed by atoms with Crippen molar-refractivity contribution in [1.82, 2.24) is 0 Å². The normalized spacial score (nSPS) is 12.0. The van der Waals surface area contributed by atoms with Gasteiger partial charge in [-0.05, 0) is 0 Å². The quantitative estimate of drug-likeness (QED) is 0.185. The SMILES string of the molecule is CCCCC[O][Sn]([CH2]CCC)([O]CCCCC)[O]CCCCC. The van der Waals surface area contributed by atoms with Gasteiger partial charge in [0.1, 0.15) is 0 Å². The molecule has 0 N–H and O–H groups in total. The van der Waals surface area contributed by atoms with Crippen molar-refractivity contribution in [2.75, 3.05) is 19.8 Å². The zero-order valence-electron chi connectivity index (χ0n) is 16.3. The average molecular weight is 437 g/mol. The molecular formula is C19H42O3Sn. The van der Waals surface area contributed by atoms with Crippen LogP contribution in [0.15, 0.2) is 0 Å². The van der Waals surface area contributed by atoms with Crippen LogP contribution in [0.4, 0.5) is 0 Å². The Balaban J connectivity index is 4.51. The van der Waals surface area contributed by atoms with Crippen molar-refractivity contribution in [3.8, 4) is 0 Å². The molecule has 0 fully saturated rings. The summed E-state index contributed by atoms with van der Waals surface area (Å²) in [6, 6.07) is 0. The van der Waals surface area contributed by atoms with Crippen LogP contribution < -0.4 is 0 Å². The Hall–Kier alpha value is 0.679. The zero-order chi connectivity index (χ0) is 17.2. The molecule has 0 saturated carbocycles. The molecule has 0 radical (unpaired) electrons. The maximum atomic E-state index is 6.36. The fraction of sp³-hybridized carbons (Fsp3) is 1.00. The van der Waals surface area contributed by atoms with E-state index in [2.05, 4.69) is 27.7 Å². The molecule has 0 aromatic carbocycles. The first kappa shape index (κ1) is 23.7. The summed E-state index contributed by atoms with van der Waals surface area (Å²) in [7, 11) is 0. The minimum absolute atomic E-state index is 0.829. The molecule has 0 heterocycles. The van der Waals surface area contributed by atoms with E-state index in [4.69, 9.17) is 9.22 Å². The molecule has 140 valence electrons. The van der Waals surface area contributed by atoms with Gasteiger partial charge in [0.15, 0.2) is 0 Å². The molecule has 0 unspecified atom stereocenters. The van der Waals surface area contributed by atoms with Crippen molar-refractivity contribution in [3.05, 3.63) is 0 Å². The summed E-state index contributed by atoms with van der Waals surface area (Å²) < 4.78 is 20.1. The fourth-order valence-electron chi connectivity index (χ4n) is 2.47. The van der Waals surface area contributed by atoms with Crippen molar-refractivity contribution < 1.29 is 9.22 Å². The van der Waals surface area contributed by atoms with Crippen molar-refractivity contribution in [1.29, 1.82) is 0 Å². The third kappa shape index (κ3) is 13.6. The second-order valence-electron chi connectivity index (χ2n) is 6.45. The van der Waals surface area contributed by atoms with Crippen molar-refractivity contribution in [3.63, 3.8) is 0 Å². The van der Waals surface area contributed by atoms with Gasteiger partial charge in [-0.2, -0.15) is 0 Å². The molecule has 0 rings (SSSR count). The van der Waals surface area contributed by atoms with Gasteiger partial charge < -0.3 is 0 Å². The Morgan fingerprint density at radius 3 is 1.13 bits per heavy atom. The van der Waals surface area contributed by atoms with Crippen LogP contribution in [0.2, 0.25) is 4.44 Å². The van der Waals surface area contributed by atoms with Gasteiger partial charge in [0.25, 0.3) is 0 Å². The van der Waals surface area contributed by atoms with Crippen LogP contribution in [-0.2, 0) is 9.22 Å². The van der Waals surface area contributed by atoms with Gasteiger partial charge in [0.05, 0.1) is 0 Å². The van der Waals surface area contributed by atoms with Crippen molar-refractivity contribution >= 4 is 19.6 Å². The predicted molar refractivity (Wildman–Crippen MR) is 102 cm³/mol. The fourth-order valence-corrected chi connectivity index (χ4v) is 10.6. The average Bonchev–Trinajstić information content (AvgIpc) is 2.57. The van der Waals surface area contributed by atoms with E-state index in [0.29, 0.717) is 0 Å². The van der Waals surface area contributed by atoms with Gasteiger partial charge in [-0.15, -0.1) is 0 Å². The third-order valence-electron chi connectivity index (χ3n) is 4.05. The van der Waals surface area contributed by atoms with Gasteiger partial charge in [0, 0.05) is 0 Å². The molecule has 0 amide bonds. The second-order valence-corrected chi connectivity index (χ2v) is 14.3. The van der Waals surface area contributed by atoms with Gasteiger partial charge in [-0.1, -0.05) is 0 Å². The van der Waals surface area contributed by atoms with E-state index in [-0.39, 0.29) is 0 Å². The molecule has 23 heavy (non-hydrogen) atoms. The van der Waals surface area contributed by atoms with Gasteiger partial charge >= 0.3 is 151 Å². The first-order valence-corrected chi connectivity index (χ1v) is 15.7. The predicted octanol–water partition coefficient (Wildman–Crippen LogP) is 6.35. The van der Waals surface area contributed by atoms with E-state index < -0.39 is 19.6 Å². The zero-order valence-corrected chi connectivity index (χ0v) is 19.2. The number of unbranched alkanes of at least 4 members (excludes halogenated alkanes) is 7. The van der Waals surface area contributed by atoms with Gasteiger partial charge in [-0.25, -0.2) is 0 Å². The molecule has 0 spiro atoms. The molecule has 0 aliphatic carbocycles. The number of rotatable bonds is 18. The summed E-state index contributed by atoms with van der Waals surface area (Å²) in [6.07, 6.45) is 13.2. The summed E-state index contributed by atoms with van der Waals surface area (Å²) in [4.78, 5) is 0.